The van der Waals surface area contributed by atoms with E-state index in [2.05, 4.69) is 0 Å². The van der Waals surface area contributed by atoms with E-state index in [1.54, 1.807) is 0 Å². The van der Waals surface area contributed by atoms with Gasteiger partial charge in [-0.25, -0.2) is 0 Å². The third-order valence-corrected chi connectivity index (χ3v) is 0. The first-order valence-electron chi connectivity index (χ1n) is 1.33. The average Bonchev–Trinajstić information content (AvgIpc) is 1.12. The third kappa shape index (κ3) is 8820. The summed E-state index contributed by atoms with van der Waals surface area (Å²) in [6.45, 7) is 0. The Morgan fingerprint density at radius 2 is 0.636 bits per heavy atom. The molecule has 0 aliphatic rings. The van der Waals surface area contributed by atoms with Gasteiger partial charge in [-0.1, -0.05) is 0 Å². The van der Waals surface area contributed by atoms with Crippen LogP contribution in [0.2, 0.25) is 0 Å². The molecule has 0 aliphatic carbocycles. The molecule has 0 aromatic heterocycles. The maximum atomic E-state index is 8.52. The van der Waals surface area contributed by atoms with E-state index < -0.39 is 20.8 Å². The van der Waals surface area contributed by atoms with Gasteiger partial charge in [-0.05, 0) is 0 Å². The molecule has 0 atom stereocenters. The Bertz CT molecular complexity index is 208. The molecule has 8 nitrogen and oxygen atoms in total. The van der Waals surface area contributed by atoms with Crippen molar-refractivity contribution in [3.05, 3.63) is 0 Å². The van der Waals surface area contributed by atoms with Crippen LogP contribution in [0.3, 0.4) is 0 Å². The van der Waals surface area contributed by atoms with E-state index in [1.165, 1.54) is 0 Å². The average molecular weight is 265 g/mol. The number of hydrogen-bond acceptors (Lipinski definition) is 8. The first-order valence-corrected chi connectivity index (χ1v) is 4.00. The standard InChI is InChI=1S/Ge.2H2O4S/c;2*1-5(2,3)4/h;2*(H2,1,2,3,4)/q+4;;/p-4. The summed E-state index contributed by atoms with van der Waals surface area (Å²) in [6.07, 6.45) is 0. The fraction of sp³-hybridized carbons (Fsp3) is 0. The van der Waals surface area contributed by atoms with Gasteiger partial charge in [0.15, 0.2) is 0 Å². The van der Waals surface area contributed by atoms with E-state index in [9.17, 15) is 0 Å². The molecule has 11 heteroatoms. The molecule has 0 saturated carbocycles. The Morgan fingerprint density at radius 1 is 0.636 bits per heavy atom. The Balaban J connectivity index is -0.000000107. The fourth-order valence-electron chi connectivity index (χ4n) is 0. The zero-order valence-electron chi connectivity index (χ0n) is 4.58. The molecular formula is GeO8S2. The van der Waals surface area contributed by atoms with E-state index in [1.807, 2.05) is 0 Å². The number of hydrogen-bond donors (Lipinski definition) is 0. The van der Waals surface area contributed by atoms with E-state index >= 15 is 0 Å². The summed E-state index contributed by atoms with van der Waals surface area (Å²) in [7, 11) is -10.3. The van der Waals surface area contributed by atoms with Crippen molar-refractivity contribution in [2.45, 2.75) is 0 Å². The molecule has 0 aromatic rings. The van der Waals surface area contributed by atoms with E-state index in [0.29, 0.717) is 0 Å². The van der Waals surface area contributed by atoms with Crippen molar-refractivity contribution in [2.24, 2.45) is 0 Å². The topological polar surface area (TPSA) is 161 Å². The first-order chi connectivity index (χ1) is 4.00. The minimum Gasteiger partial charge on any atom is -0.759 e. The van der Waals surface area contributed by atoms with Gasteiger partial charge in [0.2, 0.25) is 0 Å². The number of rotatable bonds is 0. The summed E-state index contributed by atoms with van der Waals surface area (Å²) in [5.74, 6) is 0. The molecule has 0 saturated heterocycles. The molecule has 0 rings (SSSR count). The summed E-state index contributed by atoms with van der Waals surface area (Å²) in [5.41, 5.74) is 0. The van der Waals surface area contributed by atoms with E-state index in [0.717, 1.165) is 0 Å². The Labute approximate surface area is 73.7 Å². The predicted molar refractivity (Wildman–Crippen MR) is 26.7 cm³/mol. The van der Waals surface area contributed by atoms with Crippen LogP contribution in [0.4, 0.5) is 0 Å². The Kier molecular flexibility index (Phi) is 9.28. The van der Waals surface area contributed by atoms with Crippen molar-refractivity contribution in [3.8, 4) is 0 Å². The zero-order valence-corrected chi connectivity index (χ0v) is 8.31. The minimum atomic E-state index is -5.17. The van der Waals surface area contributed by atoms with E-state index in [-0.39, 0.29) is 17.6 Å². The van der Waals surface area contributed by atoms with Crippen molar-refractivity contribution < 1.29 is 35.0 Å². The third-order valence-electron chi connectivity index (χ3n) is 0. The molecule has 0 aromatic carbocycles. The van der Waals surface area contributed by atoms with Crippen LogP contribution in [0.5, 0.6) is 0 Å². The second-order valence-corrected chi connectivity index (χ2v) is 2.45. The molecule has 0 aliphatic heterocycles. The van der Waals surface area contributed by atoms with Gasteiger partial charge in [0.25, 0.3) is 0 Å². The molecule has 64 valence electrons. The van der Waals surface area contributed by atoms with Crippen LogP contribution in [0.15, 0.2) is 0 Å². The van der Waals surface area contributed by atoms with Crippen LogP contribution < -0.4 is 0 Å². The van der Waals surface area contributed by atoms with Crippen molar-refractivity contribution in [3.63, 3.8) is 0 Å². The van der Waals surface area contributed by atoms with Gasteiger partial charge < -0.3 is 18.2 Å². The molecule has 0 N–H and O–H groups in total. The molecule has 0 amide bonds. The predicted octanol–water partition coefficient (Wildman–Crippen LogP) is -3.06. The van der Waals surface area contributed by atoms with Gasteiger partial charge in [-0.2, -0.15) is 0 Å². The van der Waals surface area contributed by atoms with Crippen LogP contribution in [0, 0.1) is 0 Å². The zero-order chi connectivity index (χ0) is 9.00. The van der Waals surface area contributed by atoms with Crippen LogP contribution in [-0.4, -0.2) is 52.6 Å². The van der Waals surface area contributed by atoms with Crippen LogP contribution in [0.25, 0.3) is 0 Å². The Morgan fingerprint density at radius 3 is 0.636 bits per heavy atom. The van der Waals surface area contributed by atoms with Gasteiger partial charge in [0.1, 0.15) is 0 Å². The molecule has 11 heavy (non-hydrogen) atoms. The smallest absolute Gasteiger partial charge is 0.759 e. The summed E-state index contributed by atoms with van der Waals surface area (Å²) >= 11 is 0. The minimum absolute atomic E-state index is 0. The summed E-state index contributed by atoms with van der Waals surface area (Å²) < 4.78 is 68.2. The van der Waals surface area contributed by atoms with Gasteiger partial charge >= 0.3 is 17.6 Å². The first kappa shape index (κ1) is 17.4. The Hall–Kier alpha value is 0.283. The SMILES string of the molecule is O=S(=O)([O-])[O-].O=S(=O)([O-])[O-].[Ge+4]. The molecule has 0 bridgehead atoms. The van der Waals surface area contributed by atoms with Crippen LogP contribution in [0.1, 0.15) is 0 Å². The van der Waals surface area contributed by atoms with Gasteiger partial charge in [0.05, 0.1) is 0 Å². The van der Waals surface area contributed by atoms with Gasteiger partial charge in [0, 0.05) is 20.8 Å². The summed E-state index contributed by atoms with van der Waals surface area (Å²) in [6, 6.07) is 0. The maximum absolute atomic E-state index is 8.52. The quantitative estimate of drug-likeness (QED) is 0.253. The molecule has 0 fully saturated rings. The fourth-order valence-corrected chi connectivity index (χ4v) is 0. The molecule has 0 radical (unpaired) electrons. The van der Waals surface area contributed by atoms with Crippen molar-refractivity contribution in [1.82, 2.24) is 0 Å². The second kappa shape index (κ2) is 5.87. The van der Waals surface area contributed by atoms with Gasteiger partial charge in [-0.3, -0.25) is 16.8 Å². The van der Waals surface area contributed by atoms with Gasteiger partial charge in [-0.15, -0.1) is 0 Å². The normalized spacial score (nSPS) is 10.5. The molecular weight excluding hydrogens is 265 g/mol. The largest absolute Gasteiger partial charge is 4.00 e. The van der Waals surface area contributed by atoms with Crippen LogP contribution in [-0.2, 0) is 20.8 Å². The molecule has 0 spiro atoms. The van der Waals surface area contributed by atoms with Crippen LogP contribution >= 0.6 is 0 Å². The summed E-state index contributed by atoms with van der Waals surface area (Å²) in [5, 5.41) is 0. The monoisotopic (exact) mass is 266 g/mol. The van der Waals surface area contributed by atoms with Crippen molar-refractivity contribution >= 4 is 38.4 Å². The van der Waals surface area contributed by atoms with Crippen molar-refractivity contribution in [2.75, 3.05) is 0 Å². The van der Waals surface area contributed by atoms with Crippen molar-refractivity contribution in [1.29, 1.82) is 0 Å². The summed E-state index contributed by atoms with van der Waals surface area (Å²) in [4.78, 5) is 0. The molecule has 0 heterocycles. The maximum Gasteiger partial charge on any atom is 4.00 e. The second-order valence-electron chi connectivity index (χ2n) is 0.816. The van der Waals surface area contributed by atoms with E-state index in [4.69, 9.17) is 35.0 Å². The molecule has 0 unspecified atom stereocenters.